The SMILES string of the molecule is Cl.Cl.NCc1cc(Oc2cccc(F)c2)ccn1. The van der Waals surface area contributed by atoms with E-state index in [1.807, 2.05) is 0 Å². The lowest BCUT2D eigenvalue weighted by atomic mass is 10.3. The molecule has 0 atom stereocenters. The molecule has 0 amide bonds. The molecule has 0 unspecified atom stereocenters. The predicted octanol–water partition coefficient (Wildman–Crippen LogP) is 3.32. The smallest absolute Gasteiger partial charge is 0.130 e. The van der Waals surface area contributed by atoms with Gasteiger partial charge in [-0.05, 0) is 18.2 Å². The Morgan fingerprint density at radius 3 is 2.50 bits per heavy atom. The molecule has 1 heterocycles. The molecule has 2 rings (SSSR count). The van der Waals surface area contributed by atoms with Gasteiger partial charge in [0.1, 0.15) is 17.3 Å². The number of nitrogens with zero attached hydrogens (tertiary/aromatic N) is 1. The highest BCUT2D eigenvalue weighted by molar-refractivity contribution is 5.85. The van der Waals surface area contributed by atoms with Crippen molar-refractivity contribution < 1.29 is 9.13 Å². The standard InChI is InChI=1S/C12H11FN2O.2ClH/c13-9-2-1-3-11(6-9)16-12-4-5-15-10(7-12)8-14;;/h1-7H,8,14H2;2*1H. The molecular weight excluding hydrogens is 278 g/mol. The van der Waals surface area contributed by atoms with Crippen LogP contribution in [0.1, 0.15) is 5.69 Å². The van der Waals surface area contributed by atoms with E-state index in [0.29, 0.717) is 18.0 Å². The Kier molecular flexibility index (Phi) is 7.27. The first-order valence-corrected chi connectivity index (χ1v) is 4.86. The summed E-state index contributed by atoms with van der Waals surface area (Å²) in [4.78, 5) is 4.04. The number of halogens is 3. The molecule has 0 aliphatic rings. The first-order chi connectivity index (χ1) is 7.78. The number of benzene rings is 1. The van der Waals surface area contributed by atoms with Gasteiger partial charge >= 0.3 is 0 Å². The number of hydrogen-bond acceptors (Lipinski definition) is 3. The molecule has 6 heteroatoms. The average molecular weight is 291 g/mol. The maximum Gasteiger partial charge on any atom is 0.130 e. The zero-order valence-corrected chi connectivity index (χ0v) is 11.0. The quantitative estimate of drug-likeness (QED) is 0.943. The Balaban J connectivity index is 0.00000144. The minimum Gasteiger partial charge on any atom is -0.457 e. The lowest BCUT2D eigenvalue weighted by Crippen LogP contribution is -1.99. The van der Waals surface area contributed by atoms with Crippen LogP contribution in [-0.4, -0.2) is 4.98 Å². The summed E-state index contributed by atoms with van der Waals surface area (Å²) in [7, 11) is 0. The van der Waals surface area contributed by atoms with Crippen LogP contribution < -0.4 is 10.5 Å². The van der Waals surface area contributed by atoms with E-state index in [1.54, 1.807) is 30.5 Å². The van der Waals surface area contributed by atoms with Gasteiger partial charge in [-0.25, -0.2) is 4.39 Å². The fourth-order valence-electron chi connectivity index (χ4n) is 1.30. The number of rotatable bonds is 3. The van der Waals surface area contributed by atoms with Gasteiger partial charge in [0.05, 0.1) is 5.69 Å². The van der Waals surface area contributed by atoms with Gasteiger partial charge in [0.25, 0.3) is 0 Å². The summed E-state index contributed by atoms with van der Waals surface area (Å²) in [5.41, 5.74) is 6.19. The first-order valence-electron chi connectivity index (χ1n) is 4.86. The third kappa shape index (κ3) is 4.49. The van der Waals surface area contributed by atoms with Crippen LogP contribution in [0.2, 0.25) is 0 Å². The summed E-state index contributed by atoms with van der Waals surface area (Å²) >= 11 is 0. The number of aromatic nitrogens is 1. The molecule has 0 saturated heterocycles. The van der Waals surface area contributed by atoms with E-state index in [1.165, 1.54) is 12.1 Å². The molecule has 0 bridgehead atoms. The van der Waals surface area contributed by atoms with Gasteiger partial charge in [0, 0.05) is 24.9 Å². The number of pyridine rings is 1. The van der Waals surface area contributed by atoms with E-state index < -0.39 is 0 Å². The van der Waals surface area contributed by atoms with Crippen LogP contribution in [0, 0.1) is 5.82 Å². The second-order valence-corrected chi connectivity index (χ2v) is 3.25. The molecule has 0 fully saturated rings. The van der Waals surface area contributed by atoms with Crippen LogP contribution >= 0.6 is 24.8 Å². The van der Waals surface area contributed by atoms with Crippen molar-refractivity contribution in [1.82, 2.24) is 4.98 Å². The Bertz CT molecular complexity index is 497. The number of hydrogen-bond donors (Lipinski definition) is 1. The molecule has 18 heavy (non-hydrogen) atoms. The van der Waals surface area contributed by atoms with Crippen molar-refractivity contribution in [2.75, 3.05) is 0 Å². The molecule has 1 aromatic carbocycles. The molecule has 0 spiro atoms. The highest BCUT2D eigenvalue weighted by Crippen LogP contribution is 2.21. The molecule has 0 aliphatic carbocycles. The van der Waals surface area contributed by atoms with Crippen molar-refractivity contribution in [2.45, 2.75) is 6.54 Å². The molecule has 0 radical (unpaired) electrons. The Morgan fingerprint density at radius 2 is 1.83 bits per heavy atom. The lowest BCUT2D eigenvalue weighted by molar-refractivity contribution is 0.475. The van der Waals surface area contributed by atoms with E-state index in [2.05, 4.69) is 4.98 Å². The van der Waals surface area contributed by atoms with Crippen LogP contribution in [-0.2, 0) is 6.54 Å². The summed E-state index contributed by atoms with van der Waals surface area (Å²) < 4.78 is 18.4. The minimum absolute atomic E-state index is 0. The topological polar surface area (TPSA) is 48.1 Å². The van der Waals surface area contributed by atoms with Gasteiger partial charge in [-0.15, -0.1) is 24.8 Å². The van der Waals surface area contributed by atoms with Crippen LogP contribution in [0.25, 0.3) is 0 Å². The van der Waals surface area contributed by atoms with Gasteiger partial charge in [-0.1, -0.05) is 6.07 Å². The highest BCUT2D eigenvalue weighted by Gasteiger charge is 2.00. The summed E-state index contributed by atoms with van der Waals surface area (Å²) in [5.74, 6) is 0.723. The van der Waals surface area contributed by atoms with E-state index >= 15 is 0 Å². The molecular formula is C12H13Cl2FN2O. The third-order valence-electron chi connectivity index (χ3n) is 2.03. The van der Waals surface area contributed by atoms with Gasteiger partial charge < -0.3 is 10.5 Å². The van der Waals surface area contributed by atoms with Crippen LogP contribution in [0.15, 0.2) is 42.6 Å². The molecule has 0 aliphatic heterocycles. The van der Waals surface area contributed by atoms with Crippen LogP contribution in [0.3, 0.4) is 0 Å². The average Bonchev–Trinajstić information content (AvgIpc) is 2.29. The van der Waals surface area contributed by atoms with E-state index in [4.69, 9.17) is 10.5 Å². The first kappa shape index (κ1) is 16.6. The molecule has 2 aromatic rings. The summed E-state index contributed by atoms with van der Waals surface area (Å²) in [6.07, 6.45) is 1.61. The Labute approximate surface area is 117 Å². The van der Waals surface area contributed by atoms with E-state index in [9.17, 15) is 4.39 Å². The zero-order valence-electron chi connectivity index (χ0n) is 9.38. The van der Waals surface area contributed by atoms with Crippen molar-refractivity contribution in [3.05, 3.63) is 54.1 Å². The second-order valence-electron chi connectivity index (χ2n) is 3.25. The van der Waals surface area contributed by atoms with Crippen molar-refractivity contribution in [1.29, 1.82) is 0 Å². The largest absolute Gasteiger partial charge is 0.457 e. The fourth-order valence-corrected chi connectivity index (χ4v) is 1.30. The van der Waals surface area contributed by atoms with Gasteiger partial charge in [-0.2, -0.15) is 0 Å². The second kappa shape index (κ2) is 7.87. The van der Waals surface area contributed by atoms with Crippen molar-refractivity contribution >= 4 is 24.8 Å². The normalized spacial score (nSPS) is 9.00. The lowest BCUT2D eigenvalue weighted by Gasteiger charge is -2.06. The minimum atomic E-state index is -0.328. The van der Waals surface area contributed by atoms with Crippen LogP contribution in [0.4, 0.5) is 4.39 Å². The summed E-state index contributed by atoms with van der Waals surface area (Å²) in [5, 5.41) is 0. The zero-order chi connectivity index (χ0) is 11.4. The summed E-state index contributed by atoms with van der Waals surface area (Å²) in [6.45, 7) is 0.348. The molecule has 3 nitrogen and oxygen atoms in total. The van der Waals surface area contributed by atoms with Crippen molar-refractivity contribution in [3.8, 4) is 11.5 Å². The number of ether oxygens (including phenoxy) is 1. The van der Waals surface area contributed by atoms with Crippen molar-refractivity contribution in [3.63, 3.8) is 0 Å². The van der Waals surface area contributed by atoms with Crippen molar-refractivity contribution in [2.24, 2.45) is 5.73 Å². The molecule has 0 saturated carbocycles. The van der Waals surface area contributed by atoms with Gasteiger partial charge in [0.2, 0.25) is 0 Å². The fraction of sp³-hybridized carbons (Fsp3) is 0.0833. The summed E-state index contributed by atoms with van der Waals surface area (Å²) in [6, 6.07) is 9.39. The Morgan fingerprint density at radius 1 is 1.11 bits per heavy atom. The number of nitrogens with two attached hydrogens (primary N) is 1. The Hall–Kier alpha value is -1.36. The van der Waals surface area contributed by atoms with E-state index in [0.717, 1.165) is 5.69 Å². The highest BCUT2D eigenvalue weighted by atomic mass is 35.5. The third-order valence-corrected chi connectivity index (χ3v) is 2.03. The van der Waals surface area contributed by atoms with E-state index in [-0.39, 0.29) is 30.6 Å². The monoisotopic (exact) mass is 290 g/mol. The molecule has 1 aromatic heterocycles. The molecule has 98 valence electrons. The maximum absolute atomic E-state index is 12.9. The molecule has 2 N–H and O–H groups in total. The maximum atomic E-state index is 12.9. The predicted molar refractivity (Wildman–Crippen MR) is 73.1 cm³/mol. The van der Waals surface area contributed by atoms with Gasteiger partial charge in [-0.3, -0.25) is 4.98 Å². The van der Waals surface area contributed by atoms with Gasteiger partial charge in [0.15, 0.2) is 0 Å². The van der Waals surface area contributed by atoms with Crippen LogP contribution in [0.5, 0.6) is 11.5 Å².